The van der Waals surface area contributed by atoms with Crippen molar-refractivity contribution in [1.29, 1.82) is 0 Å². The highest BCUT2D eigenvalue weighted by Gasteiger charge is 2.21. The van der Waals surface area contributed by atoms with E-state index in [0.29, 0.717) is 23.3 Å². The molecule has 0 heterocycles. The lowest BCUT2D eigenvalue weighted by atomic mass is 10.1. The molecule has 0 fully saturated rings. The van der Waals surface area contributed by atoms with E-state index in [1.54, 1.807) is 25.1 Å². The van der Waals surface area contributed by atoms with Crippen LogP contribution in [0.1, 0.15) is 38.1 Å². The predicted molar refractivity (Wildman–Crippen MR) is 76.4 cm³/mol. The normalized spacial score (nSPS) is 12.4. The largest absolute Gasteiger partial charge is 0.497 e. The highest BCUT2D eigenvalue weighted by atomic mass is 16.5. The molecule has 0 saturated heterocycles. The van der Waals surface area contributed by atoms with Gasteiger partial charge in [-0.25, -0.2) is 0 Å². The van der Waals surface area contributed by atoms with Gasteiger partial charge >= 0.3 is 0 Å². The van der Waals surface area contributed by atoms with E-state index >= 15 is 0 Å². The molecule has 20 heavy (non-hydrogen) atoms. The Morgan fingerprint density at radius 1 is 1.35 bits per heavy atom. The van der Waals surface area contributed by atoms with Gasteiger partial charge in [0.05, 0.1) is 12.7 Å². The molecule has 0 radical (unpaired) electrons. The fourth-order valence-corrected chi connectivity index (χ4v) is 1.57. The molecule has 1 amide bonds. The third kappa shape index (κ3) is 4.57. The molecule has 5 heteroatoms. The second-order valence-corrected chi connectivity index (χ2v) is 5.52. The fourth-order valence-electron chi connectivity index (χ4n) is 1.57. The molecule has 0 spiro atoms. The van der Waals surface area contributed by atoms with Crippen LogP contribution < -0.4 is 14.8 Å². The maximum absolute atomic E-state index is 11.9. The van der Waals surface area contributed by atoms with Crippen molar-refractivity contribution in [3.05, 3.63) is 23.8 Å². The average molecular weight is 279 g/mol. The number of hydrogen-bond acceptors (Lipinski definition) is 4. The monoisotopic (exact) mass is 279 g/mol. The van der Waals surface area contributed by atoms with Crippen molar-refractivity contribution < 1.29 is 19.1 Å². The lowest BCUT2D eigenvalue weighted by Gasteiger charge is -2.24. The number of aldehydes is 1. The summed E-state index contributed by atoms with van der Waals surface area (Å²) in [5.74, 6) is 0.689. The highest BCUT2D eigenvalue weighted by Crippen LogP contribution is 2.23. The summed E-state index contributed by atoms with van der Waals surface area (Å²) in [6.45, 7) is 7.31. The smallest absolute Gasteiger partial charge is 0.261 e. The quantitative estimate of drug-likeness (QED) is 0.839. The molecular formula is C15H21NO4. The van der Waals surface area contributed by atoms with Crippen LogP contribution >= 0.6 is 0 Å². The number of carbonyl (C=O) groups is 2. The van der Waals surface area contributed by atoms with Crippen molar-refractivity contribution in [2.75, 3.05) is 7.11 Å². The Hall–Kier alpha value is -2.04. The molecule has 110 valence electrons. The Morgan fingerprint density at radius 2 is 2.00 bits per heavy atom. The SMILES string of the molecule is COc1ccc(OC(C)C(=O)NC(C)(C)C)c(C=O)c1. The minimum atomic E-state index is -0.693. The Morgan fingerprint density at radius 3 is 2.50 bits per heavy atom. The summed E-state index contributed by atoms with van der Waals surface area (Å²) in [7, 11) is 1.52. The van der Waals surface area contributed by atoms with Crippen LogP contribution in [-0.2, 0) is 4.79 Å². The van der Waals surface area contributed by atoms with Crippen molar-refractivity contribution in [2.24, 2.45) is 0 Å². The zero-order valence-electron chi connectivity index (χ0n) is 12.5. The van der Waals surface area contributed by atoms with E-state index in [1.807, 2.05) is 20.8 Å². The molecule has 1 unspecified atom stereocenters. The number of benzene rings is 1. The van der Waals surface area contributed by atoms with Gasteiger partial charge in [-0.1, -0.05) is 0 Å². The van der Waals surface area contributed by atoms with Crippen LogP contribution in [0.15, 0.2) is 18.2 Å². The number of nitrogens with one attached hydrogen (secondary N) is 1. The minimum Gasteiger partial charge on any atom is -0.497 e. The summed E-state index contributed by atoms with van der Waals surface area (Å²) in [6, 6.07) is 4.86. The van der Waals surface area contributed by atoms with Gasteiger partial charge in [-0.05, 0) is 45.9 Å². The van der Waals surface area contributed by atoms with Gasteiger partial charge in [0.1, 0.15) is 11.5 Å². The van der Waals surface area contributed by atoms with E-state index in [2.05, 4.69) is 5.32 Å². The summed E-state index contributed by atoms with van der Waals surface area (Å²) in [5.41, 5.74) is 0.0157. The second-order valence-electron chi connectivity index (χ2n) is 5.52. The van der Waals surface area contributed by atoms with E-state index in [4.69, 9.17) is 9.47 Å². The molecule has 0 bridgehead atoms. The van der Waals surface area contributed by atoms with Gasteiger partial charge in [0, 0.05) is 5.54 Å². The van der Waals surface area contributed by atoms with Crippen LogP contribution in [0.5, 0.6) is 11.5 Å². The summed E-state index contributed by atoms with van der Waals surface area (Å²) in [4.78, 5) is 23.0. The van der Waals surface area contributed by atoms with Gasteiger partial charge in [0.15, 0.2) is 12.4 Å². The summed E-state index contributed by atoms with van der Waals surface area (Å²) in [6.07, 6.45) is -0.0204. The van der Waals surface area contributed by atoms with Gasteiger partial charge < -0.3 is 14.8 Å². The van der Waals surface area contributed by atoms with Crippen molar-refractivity contribution in [1.82, 2.24) is 5.32 Å². The maximum atomic E-state index is 11.9. The lowest BCUT2D eigenvalue weighted by Crippen LogP contribution is -2.46. The van der Waals surface area contributed by atoms with Gasteiger partial charge in [-0.15, -0.1) is 0 Å². The molecule has 1 rings (SSSR count). The lowest BCUT2D eigenvalue weighted by molar-refractivity contribution is -0.128. The van der Waals surface area contributed by atoms with Gasteiger partial charge in [-0.2, -0.15) is 0 Å². The summed E-state index contributed by atoms with van der Waals surface area (Å²) in [5, 5.41) is 2.82. The van der Waals surface area contributed by atoms with Gasteiger partial charge in [0.25, 0.3) is 5.91 Å². The number of rotatable bonds is 5. The molecule has 5 nitrogen and oxygen atoms in total. The topological polar surface area (TPSA) is 64.6 Å². The molecule has 0 aromatic heterocycles. The highest BCUT2D eigenvalue weighted by molar-refractivity contribution is 5.83. The first kappa shape index (κ1) is 16.0. The van der Waals surface area contributed by atoms with Crippen LogP contribution in [-0.4, -0.2) is 30.9 Å². The van der Waals surface area contributed by atoms with Crippen LogP contribution in [0.4, 0.5) is 0 Å². The van der Waals surface area contributed by atoms with Crippen LogP contribution in [0.25, 0.3) is 0 Å². The summed E-state index contributed by atoms with van der Waals surface area (Å²) >= 11 is 0. The maximum Gasteiger partial charge on any atom is 0.261 e. The zero-order valence-corrected chi connectivity index (χ0v) is 12.5. The van der Waals surface area contributed by atoms with Crippen molar-refractivity contribution in [3.63, 3.8) is 0 Å². The average Bonchev–Trinajstić information content (AvgIpc) is 2.37. The Labute approximate surface area is 119 Å². The van der Waals surface area contributed by atoms with Crippen LogP contribution in [0.3, 0.4) is 0 Å². The molecule has 0 aliphatic heterocycles. The molecule has 0 saturated carbocycles. The van der Waals surface area contributed by atoms with Crippen LogP contribution in [0, 0.1) is 0 Å². The molecule has 1 atom stereocenters. The number of amides is 1. The van der Waals surface area contributed by atoms with E-state index in [-0.39, 0.29) is 11.4 Å². The molecule has 0 aliphatic carbocycles. The first-order valence-electron chi connectivity index (χ1n) is 6.38. The number of methoxy groups -OCH3 is 1. The molecule has 1 N–H and O–H groups in total. The van der Waals surface area contributed by atoms with Crippen molar-refractivity contribution in [3.8, 4) is 11.5 Å². The van der Waals surface area contributed by atoms with Crippen molar-refractivity contribution in [2.45, 2.75) is 39.3 Å². The molecule has 1 aromatic carbocycles. The van der Waals surface area contributed by atoms with E-state index in [1.165, 1.54) is 7.11 Å². The number of hydrogen-bond donors (Lipinski definition) is 1. The Bertz CT molecular complexity index is 491. The van der Waals surface area contributed by atoms with E-state index < -0.39 is 6.10 Å². The van der Waals surface area contributed by atoms with E-state index in [9.17, 15) is 9.59 Å². The minimum absolute atomic E-state index is 0.231. The third-order valence-corrected chi connectivity index (χ3v) is 2.52. The molecule has 1 aromatic rings. The first-order chi connectivity index (χ1) is 9.26. The zero-order chi connectivity index (χ0) is 15.3. The Kier molecular flexibility index (Phi) is 5.13. The number of carbonyl (C=O) groups excluding carboxylic acids is 2. The van der Waals surface area contributed by atoms with Gasteiger partial charge in [-0.3, -0.25) is 9.59 Å². The summed E-state index contributed by atoms with van der Waals surface area (Å²) < 4.78 is 10.6. The second kappa shape index (κ2) is 6.41. The van der Waals surface area contributed by atoms with Crippen LogP contribution in [0.2, 0.25) is 0 Å². The number of ether oxygens (including phenoxy) is 2. The Balaban J connectivity index is 2.82. The molecular weight excluding hydrogens is 258 g/mol. The predicted octanol–water partition coefficient (Wildman–Crippen LogP) is 2.19. The standard InChI is InChI=1S/C15H21NO4/c1-10(14(18)16-15(2,3)4)20-13-7-6-12(19-5)8-11(13)9-17/h6-10H,1-5H3,(H,16,18). The van der Waals surface area contributed by atoms with Crippen molar-refractivity contribution >= 4 is 12.2 Å². The third-order valence-electron chi connectivity index (χ3n) is 2.52. The van der Waals surface area contributed by atoms with E-state index in [0.717, 1.165) is 0 Å². The van der Waals surface area contributed by atoms with Gasteiger partial charge in [0.2, 0.25) is 0 Å². The molecule has 0 aliphatic rings. The first-order valence-corrected chi connectivity index (χ1v) is 6.38. The fraction of sp³-hybridized carbons (Fsp3) is 0.467.